The molecule has 1 aliphatic heterocycles. The number of benzene rings is 3. The highest BCUT2D eigenvalue weighted by molar-refractivity contribution is 5.88. The number of hydrogen-bond donors (Lipinski definition) is 1. The molecule has 3 aromatic carbocycles. The molecule has 0 aromatic heterocycles. The molecule has 1 N–H and O–H groups in total. The van der Waals surface area contributed by atoms with Crippen LogP contribution in [0.25, 0.3) is 10.8 Å². The maximum absolute atomic E-state index is 12.5. The van der Waals surface area contributed by atoms with E-state index in [1.165, 1.54) is 11.1 Å². The van der Waals surface area contributed by atoms with E-state index in [0.717, 1.165) is 49.0 Å². The van der Waals surface area contributed by atoms with E-state index in [-0.39, 0.29) is 11.8 Å². The molecule has 30 heavy (non-hydrogen) atoms. The van der Waals surface area contributed by atoms with Gasteiger partial charge in [-0.2, -0.15) is 0 Å². The Kier molecular flexibility index (Phi) is 6.65. The molecule has 1 fully saturated rings. The Bertz CT molecular complexity index is 988. The SMILES string of the molecule is Cc1cccc(CN2CCC(C(=O)NCCOc3cccc4ccccc34)CC2)c1. The van der Waals surface area contributed by atoms with Gasteiger partial charge in [-0.25, -0.2) is 0 Å². The lowest BCUT2D eigenvalue weighted by Crippen LogP contribution is -2.41. The zero-order valence-electron chi connectivity index (χ0n) is 17.6. The summed E-state index contributed by atoms with van der Waals surface area (Å²) in [5.41, 5.74) is 2.65. The van der Waals surface area contributed by atoms with Crippen LogP contribution < -0.4 is 10.1 Å². The third kappa shape index (κ3) is 5.19. The number of nitrogens with one attached hydrogen (secondary N) is 1. The van der Waals surface area contributed by atoms with Crippen molar-refractivity contribution >= 4 is 16.7 Å². The third-order valence-corrected chi connectivity index (χ3v) is 5.86. The predicted molar refractivity (Wildman–Crippen MR) is 122 cm³/mol. The van der Waals surface area contributed by atoms with Crippen molar-refractivity contribution in [1.29, 1.82) is 0 Å². The summed E-state index contributed by atoms with van der Waals surface area (Å²) in [5, 5.41) is 5.33. The van der Waals surface area contributed by atoms with E-state index in [1.807, 2.05) is 24.3 Å². The van der Waals surface area contributed by atoms with Crippen molar-refractivity contribution in [2.24, 2.45) is 5.92 Å². The molecule has 0 atom stereocenters. The first-order chi connectivity index (χ1) is 14.7. The van der Waals surface area contributed by atoms with Crippen molar-refractivity contribution in [3.63, 3.8) is 0 Å². The topological polar surface area (TPSA) is 41.6 Å². The van der Waals surface area contributed by atoms with Gasteiger partial charge in [-0.15, -0.1) is 0 Å². The van der Waals surface area contributed by atoms with Crippen molar-refractivity contribution in [2.45, 2.75) is 26.3 Å². The van der Waals surface area contributed by atoms with Crippen LogP contribution in [0.15, 0.2) is 66.7 Å². The van der Waals surface area contributed by atoms with Crippen LogP contribution in [0.1, 0.15) is 24.0 Å². The Morgan fingerprint density at radius 3 is 2.63 bits per heavy atom. The molecule has 1 aliphatic rings. The molecule has 1 amide bonds. The molecule has 0 aliphatic carbocycles. The zero-order chi connectivity index (χ0) is 20.8. The van der Waals surface area contributed by atoms with Crippen LogP contribution in [0.4, 0.5) is 0 Å². The van der Waals surface area contributed by atoms with Gasteiger partial charge in [-0.3, -0.25) is 9.69 Å². The van der Waals surface area contributed by atoms with Crippen molar-refractivity contribution in [1.82, 2.24) is 10.2 Å². The summed E-state index contributed by atoms with van der Waals surface area (Å²) >= 11 is 0. The van der Waals surface area contributed by atoms with E-state index in [2.05, 4.69) is 59.6 Å². The molecular formula is C26H30N2O2. The number of likely N-dealkylation sites (tertiary alicyclic amines) is 1. The summed E-state index contributed by atoms with van der Waals surface area (Å²) < 4.78 is 5.93. The summed E-state index contributed by atoms with van der Waals surface area (Å²) in [6, 6.07) is 22.9. The van der Waals surface area contributed by atoms with E-state index in [1.54, 1.807) is 0 Å². The number of rotatable bonds is 7. The number of carbonyl (C=O) groups excluding carboxylic acids is 1. The second-order valence-electron chi connectivity index (χ2n) is 8.16. The second kappa shape index (κ2) is 9.77. The Labute approximate surface area is 178 Å². The summed E-state index contributed by atoms with van der Waals surface area (Å²) in [7, 11) is 0. The second-order valence-corrected chi connectivity index (χ2v) is 8.16. The number of amides is 1. The minimum Gasteiger partial charge on any atom is -0.491 e. The Morgan fingerprint density at radius 2 is 1.80 bits per heavy atom. The van der Waals surface area contributed by atoms with E-state index in [0.29, 0.717) is 13.2 Å². The van der Waals surface area contributed by atoms with Crippen LogP contribution in [-0.2, 0) is 11.3 Å². The van der Waals surface area contributed by atoms with Gasteiger partial charge >= 0.3 is 0 Å². The van der Waals surface area contributed by atoms with E-state index in [4.69, 9.17) is 4.74 Å². The van der Waals surface area contributed by atoms with Gasteiger partial charge in [0.15, 0.2) is 0 Å². The van der Waals surface area contributed by atoms with Gasteiger partial charge in [0.2, 0.25) is 5.91 Å². The van der Waals surface area contributed by atoms with Crippen LogP contribution >= 0.6 is 0 Å². The molecule has 3 aromatic rings. The molecule has 1 saturated heterocycles. The number of hydrogen-bond acceptors (Lipinski definition) is 3. The molecule has 0 saturated carbocycles. The number of ether oxygens (including phenoxy) is 1. The van der Waals surface area contributed by atoms with Crippen molar-refractivity contribution in [3.05, 3.63) is 77.9 Å². The van der Waals surface area contributed by atoms with Crippen molar-refractivity contribution in [3.8, 4) is 5.75 Å². The largest absolute Gasteiger partial charge is 0.491 e. The first-order valence-electron chi connectivity index (χ1n) is 10.9. The summed E-state index contributed by atoms with van der Waals surface area (Å²) in [6.07, 6.45) is 1.84. The molecular weight excluding hydrogens is 372 g/mol. The Morgan fingerprint density at radius 1 is 1.03 bits per heavy atom. The minimum absolute atomic E-state index is 0.108. The normalized spacial score (nSPS) is 15.2. The molecule has 4 heteroatoms. The lowest BCUT2D eigenvalue weighted by molar-refractivity contribution is -0.126. The fraction of sp³-hybridized carbons (Fsp3) is 0.346. The van der Waals surface area contributed by atoms with Gasteiger partial charge in [0.1, 0.15) is 12.4 Å². The third-order valence-electron chi connectivity index (χ3n) is 5.86. The van der Waals surface area contributed by atoms with Crippen LogP contribution in [0.3, 0.4) is 0 Å². The van der Waals surface area contributed by atoms with E-state index in [9.17, 15) is 4.79 Å². The summed E-state index contributed by atoms with van der Waals surface area (Å²) in [5.74, 6) is 1.13. The summed E-state index contributed by atoms with van der Waals surface area (Å²) in [6.45, 7) is 6.05. The van der Waals surface area contributed by atoms with Gasteiger partial charge in [-0.1, -0.05) is 66.2 Å². The number of aryl methyl sites for hydroxylation is 1. The highest BCUT2D eigenvalue weighted by Crippen LogP contribution is 2.25. The van der Waals surface area contributed by atoms with Gasteiger partial charge in [0.05, 0.1) is 6.54 Å². The average molecular weight is 403 g/mol. The first-order valence-corrected chi connectivity index (χ1v) is 10.9. The lowest BCUT2D eigenvalue weighted by Gasteiger charge is -2.31. The zero-order valence-corrected chi connectivity index (χ0v) is 17.6. The maximum Gasteiger partial charge on any atom is 0.223 e. The number of piperidine rings is 1. The quantitative estimate of drug-likeness (QED) is 0.589. The predicted octanol–water partition coefficient (Wildman–Crippen LogP) is 4.56. The van der Waals surface area contributed by atoms with Crippen LogP contribution in [-0.4, -0.2) is 37.0 Å². The molecule has 156 valence electrons. The molecule has 4 rings (SSSR count). The molecule has 0 spiro atoms. The fourth-order valence-corrected chi connectivity index (χ4v) is 4.22. The molecule has 0 bridgehead atoms. The molecule has 4 nitrogen and oxygen atoms in total. The summed E-state index contributed by atoms with van der Waals surface area (Å²) in [4.78, 5) is 15.0. The number of fused-ring (bicyclic) bond motifs is 1. The highest BCUT2D eigenvalue weighted by atomic mass is 16.5. The van der Waals surface area contributed by atoms with Gasteiger partial charge in [0.25, 0.3) is 0 Å². The molecule has 0 radical (unpaired) electrons. The fourth-order valence-electron chi connectivity index (χ4n) is 4.22. The van der Waals surface area contributed by atoms with E-state index < -0.39 is 0 Å². The van der Waals surface area contributed by atoms with Crippen LogP contribution in [0.5, 0.6) is 5.75 Å². The minimum atomic E-state index is 0.108. The van der Waals surface area contributed by atoms with Crippen LogP contribution in [0.2, 0.25) is 0 Å². The van der Waals surface area contributed by atoms with Gasteiger partial charge < -0.3 is 10.1 Å². The molecule has 1 heterocycles. The van der Waals surface area contributed by atoms with E-state index >= 15 is 0 Å². The maximum atomic E-state index is 12.5. The number of carbonyl (C=O) groups is 1. The van der Waals surface area contributed by atoms with Crippen molar-refractivity contribution < 1.29 is 9.53 Å². The number of nitrogens with zero attached hydrogens (tertiary/aromatic N) is 1. The van der Waals surface area contributed by atoms with Gasteiger partial charge in [0, 0.05) is 17.8 Å². The Hall–Kier alpha value is -2.85. The lowest BCUT2D eigenvalue weighted by atomic mass is 9.95. The van der Waals surface area contributed by atoms with Gasteiger partial charge in [-0.05, 0) is 49.9 Å². The van der Waals surface area contributed by atoms with Crippen molar-refractivity contribution in [2.75, 3.05) is 26.2 Å². The Balaban J connectivity index is 1.19. The smallest absolute Gasteiger partial charge is 0.223 e. The average Bonchev–Trinajstić information content (AvgIpc) is 2.77. The standard InChI is InChI=1S/C26H30N2O2/c1-20-6-4-7-21(18-20)19-28-15-12-23(13-16-28)26(29)27-14-17-30-25-11-5-9-22-8-2-3-10-24(22)25/h2-11,18,23H,12-17,19H2,1H3,(H,27,29). The first kappa shape index (κ1) is 20.4. The monoisotopic (exact) mass is 402 g/mol. The highest BCUT2D eigenvalue weighted by Gasteiger charge is 2.24. The van der Waals surface area contributed by atoms with Crippen LogP contribution in [0, 0.1) is 12.8 Å². The molecule has 0 unspecified atom stereocenters.